The van der Waals surface area contributed by atoms with Crippen LogP contribution in [0.3, 0.4) is 0 Å². The average molecular weight is 280 g/mol. The molecule has 0 aliphatic carbocycles. The van der Waals surface area contributed by atoms with Crippen molar-refractivity contribution < 1.29 is 9.53 Å². The Morgan fingerprint density at radius 2 is 2.47 bits per heavy atom. The van der Waals surface area contributed by atoms with Crippen LogP contribution in [0, 0.1) is 5.92 Å². The summed E-state index contributed by atoms with van der Waals surface area (Å²) in [6.45, 7) is 1.57. The molecule has 1 saturated heterocycles. The summed E-state index contributed by atoms with van der Waals surface area (Å²) >= 11 is 5.91. The standard InChI is InChI=1S/C13H14ClN3O2/c14-9-1-2-10-11(5-9)17-12(16-10)6-15-13(18)8-3-4-19-7-8/h1-2,5,8H,3-4,6-7H2,(H,15,18)(H,16,17)/t8-/m1/s1. The molecule has 6 heteroatoms. The number of nitrogens with one attached hydrogen (secondary N) is 2. The highest BCUT2D eigenvalue weighted by Crippen LogP contribution is 2.17. The van der Waals surface area contributed by atoms with Gasteiger partial charge in [-0.05, 0) is 24.6 Å². The Bertz CT molecular complexity index is 605. The van der Waals surface area contributed by atoms with Crippen molar-refractivity contribution in [2.45, 2.75) is 13.0 Å². The molecule has 1 atom stereocenters. The predicted octanol–water partition coefficient (Wildman–Crippen LogP) is 1.87. The molecule has 0 saturated carbocycles. The Hall–Kier alpha value is -1.59. The summed E-state index contributed by atoms with van der Waals surface area (Å²) in [5.41, 5.74) is 1.72. The zero-order valence-corrected chi connectivity index (χ0v) is 11.0. The number of imidazole rings is 1. The lowest BCUT2D eigenvalue weighted by Crippen LogP contribution is -2.30. The van der Waals surface area contributed by atoms with Gasteiger partial charge in [0.1, 0.15) is 5.82 Å². The van der Waals surface area contributed by atoms with Crippen molar-refractivity contribution in [3.8, 4) is 0 Å². The first-order chi connectivity index (χ1) is 9.22. The topological polar surface area (TPSA) is 67.0 Å². The van der Waals surface area contributed by atoms with Gasteiger partial charge in [0, 0.05) is 11.6 Å². The normalized spacial score (nSPS) is 18.9. The second-order valence-electron chi connectivity index (χ2n) is 4.62. The van der Waals surface area contributed by atoms with Gasteiger partial charge < -0.3 is 15.0 Å². The Balaban J connectivity index is 1.66. The lowest BCUT2D eigenvalue weighted by Gasteiger charge is -2.07. The third-order valence-electron chi connectivity index (χ3n) is 3.22. The number of carbonyl (C=O) groups is 1. The van der Waals surface area contributed by atoms with E-state index in [0.29, 0.717) is 24.8 Å². The number of H-pyrrole nitrogens is 1. The fraction of sp³-hybridized carbons (Fsp3) is 0.385. The van der Waals surface area contributed by atoms with Crippen molar-refractivity contribution in [2.24, 2.45) is 5.92 Å². The van der Waals surface area contributed by atoms with Crippen LogP contribution in [0.25, 0.3) is 11.0 Å². The molecule has 0 unspecified atom stereocenters. The van der Waals surface area contributed by atoms with Crippen LogP contribution in [-0.2, 0) is 16.1 Å². The summed E-state index contributed by atoms with van der Waals surface area (Å²) in [5.74, 6) is 0.722. The number of amides is 1. The van der Waals surface area contributed by atoms with Crippen LogP contribution in [0.4, 0.5) is 0 Å². The van der Waals surface area contributed by atoms with E-state index in [2.05, 4.69) is 15.3 Å². The zero-order valence-electron chi connectivity index (χ0n) is 10.3. The molecule has 1 aromatic carbocycles. The van der Waals surface area contributed by atoms with Crippen molar-refractivity contribution in [2.75, 3.05) is 13.2 Å². The second-order valence-corrected chi connectivity index (χ2v) is 5.06. The third-order valence-corrected chi connectivity index (χ3v) is 3.46. The van der Waals surface area contributed by atoms with Gasteiger partial charge in [0.2, 0.25) is 5.91 Å². The van der Waals surface area contributed by atoms with Crippen LogP contribution in [0.15, 0.2) is 18.2 Å². The molecule has 2 heterocycles. The molecule has 1 aliphatic heterocycles. The largest absolute Gasteiger partial charge is 0.381 e. The molecule has 0 bridgehead atoms. The van der Waals surface area contributed by atoms with E-state index in [-0.39, 0.29) is 11.8 Å². The van der Waals surface area contributed by atoms with Crippen LogP contribution >= 0.6 is 11.6 Å². The Morgan fingerprint density at radius 3 is 3.26 bits per heavy atom. The summed E-state index contributed by atoms with van der Waals surface area (Å²) in [5, 5.41) is 3.53. The van der Waals surface area contributed by atoms with E-state index in [1.165, 1.54) is 0 Å². The van der Waals surface area contributed by atoms with Gasteiger partial charge in [-0.15, -0.1) is 0 Å². The number of rotatable bonds is 3. The van der Waals surface area contributed by atoms with E-state index in [4.69, 9.17) is 16.3 Å². The molecule has 100 valence electrons. The van der Waals surface area contributed by atoms with Crippen molar-refractivity contribution in [1.82, 2.24) is 15.3 Å². The molecular weight excluding hydrogens is 266 g/mol. The minimum atomic E-state index is -0.0289. The molecule has 19 heavy (non-hydrogen) atoms. The third kappa shape index (κ3) is 2.72. The van der Waals surface area contributed by atoms with Gasteiger partial charge in [-0.1, -0.05) is 11.6 Å². The lowest BCUT2D eigenvalue weighted by atomic mass is 10.1. The van der Waals surface area contributed by atoms with Crippen LogP contribution < -0.4 is 5.32 Å². The maximum Gasteiger partial charge on any atom is 0.225 e. The van der Waals surface area contributed by atoms with Crippen molar-refractivity contribution in [3.63, 3.8) is 0 Å². The quantitative estimate of drug-likeness (QED) is 0.901. The number of aromatic nitrogens is 2. The lowest BCUT2D eigenvalue weighted by molar-refractivity contribution is -0.125. The highest BCUT2D eigenvalue weighted by Gasteiger charge is 2.23. The van der Waals surface area contributed by atoms with Gasteiger partial charge in [0.25, 0.3) is 0 Å². The maximum atomic E-state index is 11.8. The smallest absolute Gasteiger partial charge is 0.225 e. The Morgan fingerprint density at radius 1 is 1.58 bits per heavy atom. The maximum absolute atomic E-state index is 11.8. The molecule has 0 radical (unpaired) electrons. The molecule has 3 rings (SSSR count). The number of aromatic amines is 1. The number of fused-ring (bicyclic) bond motifs is 1. The molecule has 1 aliphatic rings. The number of carbonyl (C=O) groups excluding carboxylic acids is 1. The highest BCUT2D eigenvalue weighted by molar-refractivity contribution is 6.31. The van der Waals surface area contributed by atoms with Gasteiger partial charge >= 0.3 is 0 Å². The van der Waals surface area contributed by atoms with Crippen molar-refractivity contribution >= 4 is 28.5 Å². The van der Waals surface area contributed by atoms with E-state index >= 15 is 0 Å². The van der Waals surface area contributed by atoms with E-state index in [1.54, 1.807) is 6.07 Å². The first kappa shape index (κ1) is 12.4. The molecule has 2 N–H and O–H groups in total. The minimum Gasteiger partial charge on any atom is -0.381 e. The van der Waals surface area contributed by atoms with E-state index in [0.717, 1.165) is 23.3 Å². The fourth-order valence-corrected chi connectivity index (χ4v) is 2.35. The summed E-state index contributed by atoms with van der Waals surface area (Å²) in [4.78, 5) is 19.4. The molecule has 1 aromatic heterocycles. The van der Waals surface area contributed by atoms with E-state index in [1.807, 2.05) is 12.1 Å². The molecule has 1 fully saturated rings. The summed E-state index contributed by atoms with van der Waals surface area (Å²) in [6, 6.07) is 5.47. The Labute approximate surface area is 115 Å². The van der Waals surface area contributed by atoms with Gasteiger partial charge in [0.05, 0.1) is 30.1 Å². The fourth-order valence-electron chi connectivity index (χ4n) is 2.17. The summed E-state index contributed by atoms with van der Waals surface area (Å²) in [6.07, 6.45) is 0.793. The zero-order chi connectivity index (χ0) is 13.2. The van der Waals surface area contributed by atoms with Gasteiger partial charge in [-0.3, -0.25) is 4.79 Å². The van der Waals surface area contributed by atoms with Crippen molar-refractivity contribution in [3.05, 3.63) is 29.0 Å². The van der Waals surface area contributed by atoms with Crippen LogP contribution in [0.5, 0.6) is 0 Å². The molecule has 1 amide bonds. The predicted molar refractivity (Wildman–Crippen MR) is 71.9 cm³/mol. The van der Waals surface area contributed by atoms with Gasteiger partial charge in [0.15, 0.2) is 0 Å². The number of halogens is 1. The number of benzene rings is 1. The monoisotopic (exact) mass is 279 g/mol. The van der Waals surface area contributed by atoms with Crippen LogP contribution in [-0.4, -0.2) is 29.1 Å². The Kier molecular flexibility index (Phi) is 3.40. The van der Waals surface area contributed by atoms with E-state index in [9.17, 15) is 4.79 Å². The number of nitrogens with zero attached hydrogens (tertiary/aromatic N) is 1. The second kappa shape index (κ2) is 5.19. The summed E-state index contributed by atoms with van der Waals surface area (Å²) in [7, 11) is 0. The molecular formula is C13H14ClN3O2. The average Bonchev–Trinajstić information content (AvgIpc) is 3.04. The van der Waals surface area contributed by atoms with Crippen LogP contribution in [0.2, 0.25) is 5.02 Å². The number of ether oxygens (including phenoxy) is 1. The van der Waals surface area contributed by atoms with Gasteiger partial charge in [-0.2, -0.15) is 0 Å². The number of hydrogen-bond acceptors (Lipinski definition) is 3. The van der Waals surface area contributed by atoms with Crippen molar-refractivity contribution in [1.29, 1.82) is 0 Å². The first-order valence-electron chi connectivity index (χ1n) is 6.22. The number of hydrogen-bond donors (Lipinski definition) is 2. The SMILES string of the molecule is O=C(NCc1nc2ccc(Cl)cc2[nH]1)[C@@H]1CCOC1. The minimum absolute atomic E-state index is 0.0241. The van der Waals surface area contributed by atoms with Crippen LogP contribution in [0.1, 0.15) is 12.2 Å². The molecule has 5 nitrogen and oxygen atoms in total. The molecule has 0 spiro atoms. The first-order valence-corrected chi connectivity index (χ1v) is 6.60. The molecule has 2 aromatic rings. The summed E-state index contributed by atoms with van der Waals surface area (Å²) < 4.78 is 5.19. The van der Waals surface area contributed by atoms with E-state index < -0.39 is 0 Å². The van der Waals surface area contributed by atoms with Gasteiger partial charge in [-0.25, -0.2) is 4.98 Å². The highest BCUT2D eigenvalue weighted by atomic mass is 35.5.